The lowest BCUT2D eigenvalue weighted by Crippen LogP contribution is -2.34. The summed E-state index contributed by atoms with van der Waals surface area (Å²) in [6, 6.07) is 13.0. The molecule has 2 aromatic carbocycles. The SMILES string of the molecule is CCC(C)c1ccc(NC(=S)NC(=O)c2ccc(OC)cc2OC)cc1. The number of benzene rings is 2. The molecule has 26 heavy (non-hydrogen) atoms. The maximum atomic E-state index is 12.4. The van der Waals surface area contributed by atoms with Crippen LogP contribution in [0.3, 0.4) is 0 Å². The lowest BCUT2D eigenvalue weighted by Gasteiger charge is -2.13. The molecule has 0 aromatic heterocycles. The number of hydrogen-bond donors (Lipinski definition) is 2. The van der Waals surface area contributed by atoms with Crippen LogP contribution in [0.1, 0.15) is 42.1 Å². The highest BCUT2D eigenvalue weighted by molar-refractivity contribution is 7.80. The molecule has 0 bridgehead atoms. The summed E-state index contributed by atoms with van der Waals surface area (Å²) in [6.45, 7) is 4.35. The van der Waals surface area contributed by atoms with E-state index >= 15 is 0 Å². The van der Waals surface area contributed by atoms with Crippen molar-refractivity contribution < 1.29 is 14.3 Å². The number of thiocarbonyl (C=S) groups is 1. The largest absolute Gasteiger partial charge is 0.497 e. The van der Waals surface area contributed by atoms with E-state index in [0.717, 1.165) is 12.1 Å². The van der Waals surface area contributed by atoms with Gasteiger partial charge in [-0.3, -0.25) is 10.1 Å². The Kier molecular flexibility index (Phi) is 6.97. The molecule has 2 rings (SSSR count). The fraction of sp³-hybridized carbons (Fsp3) is 0.300. The number of rotatable bonds is 6. The van der Waals surface area contributed by atoms with Crippen molar-refractivity contribution >= 4 is 28.9 Å². The quantitative estimate of drug-likeness (QED) is 0.739. The Morgan fingerprint density at radius 3 is 2.38 bits per heavy atom. The molecule has 0 saturated heterocycles. The van der Waals surface area contributed by atoms with Crippen LogP contribution in [0, 0.1) is 0 Å². The van der Waals surface area contributed by atoms with Crippen molar-refractivity contribution in [2.24, 2.45) is 0 Å². The van der Waals surface area contributed by atoms with E-state index in [4.69, 9.17) is 21.7 Å². The van der Waals surface area contributed by atoms with Gasteiger partial charge in [-0.2, -0.15) is 0 Å². The van der Waals surface area contributed by atoms with Crippen molar-refractivity contribution in [3.05, 3.63) is 53.6 Å². The summed E-state index contributed by atoms with van der Waals surface area (Å²) in [4.78, 5) is 12.4. The van der Waals surface area contributed by atoms with Gasteiger partial charge in [-0.05, 0) is 54.4 Å². The summed E-state index contributed by atoms with van der Waals surface area (Å²) < 4.78 is 10.4. The lowest BCUT2D eigenvalue weighted by molar-refractivity contribution is 0.0974. The zero-order valence-corrected chi connectivity index (χ0v) is 16.3. The molecule has 0 saturated carbocycles. The average Bonchev–Trinajstić information content (AvgIpc) is 2.67. The zero-order chi connectivity index (χ0) is 19.1. The monoisotopic (exact) mass is 372 g/mol. The van der Waals surface area contributed by atoms with Crippen molar-refractivity contribution in [2.45, 2.75) is 26.2 Å². The summed E-state index contributed by atoms with van der Waals surface area (Å²) in [5.41, 5.74) is 2.48. The van der Waals surface area contributed by atoms with Gasteiger partial charge in [0.25, 0.3) is 5.91 Å². The summed E-state index contributed by atoms with van der Waals surface area (Å²) in [6.07, 6.45) is 1.09. The maximum absolute atomic E-state index is 12.4. The molecule has 0 aliphatic carbocycles. The molecule has 138 valence electrons. The van der Waals surface area contributed by atoms with Gasteiger partial charge in [0.1, 0.15) is 11.5 Å². The molecule has 2 N–H and O–H groups in total. The lowest BCUT2D eigenvalue weighted by atomic mass is 9.99. The third-order valence-electron chi connectivity index (χ3n) is 4.23. The molecule has 1 atom stereocenters. The number of methoxy groups -OCH3 is 2. The number of hydrogen-bond acceptors (Lipinski definition) is 4. The Morgan fingerprint density at radius 1 is 1.12 bits per heavy atom. The van der Waals surface area contributed by atoms with Crippen LogP contribution in [0.15, 0.2) is 42.5 Å². The third kappa shape index (κ3) is 4.95. The second-order valence-electron chi connectivity index (χ2n) is 5.91. The number of nitrogens with one attached hydrogen (secondary N) is 2. The van der Waals surface area contributed by atoms with Crippen molar-refractivity contribution in [3.8, 4) is 11.5 Å². The van der Waals surface area contributed by atoms with Crippen LogP contribution >= 0.6 is 12.2 Å². The van der Waals surface area contributed by atoms with Gasteiger partial charge >= 0.3 is 0 Å². The highest BCUT2D eigenvalue weighted by Crippen LogP contribution is 2.24. The van der Waals surface area contributed by atoms with E-state index in [1.54, 1.807) is 25.3 Å². The standard InChI is InChI=1S/C20H24N2O3S/c1-5-13(2)14-6-8-15(9-7-14)21-20(26)22-19(23)17-11-10-16(24-3)12-18(17)25-4/h6-13H,5H2,1-4H3,(H2,21,22,23,26). The first kappa shape index (κ1) is 19.7. The summed E-state index contributed by atoms with van der Waals surface area (Å²) >= 11 is 5.24. The Balaban J connectivity index is 2.02. The summed E-state index contributed by atoms with van der Waals surface area (Å²) in [7, 11) is 3.06. The summed E-state index contributed by atoms with van der Waals surface area (Å²) in [5, 5.41) is 5.91. The highest BCUT2D eigenvalue weighted by Gasteiger charge is 2.14. The van der Waals surface area contributed by atoms with Crippen LogP contribution in [0.25, 0.3) is 0 Å². The Bertz CT molecular complexity index is 775. The molecule has 0 spiro atoms. The van der Waals surface area contributed by atoms with Crippen LogP contribution in [-0.2, 0) is 0 Å². The molecule has 1 amide bonds. The number of amides is 1. The first-order chi connectivity index (χ1) is 12.5. The van der Waals surface area contributed by atoms with Gasteiger partial charge in [0.05, 0.1) is 19.8 Å². The molecule has 0 aliphatic rings. The number of ether oxygens (including phenoxy) is 2. The van der Waals surface area contributed by atoms with Crippen LogP contribution in [0.2, 0.25) is 0 Å². The second kappa shape index (κ2) is 9.20. The third-order valence-corrected chi connectivity index (χ3v) is 4.43. The second-order valence-corrected chi connectivity index (χ2v) is 6.31. The van der Waals surface area contributed by atoms with Crippen LogP contribution < -0.4 is 20.1 Å². The van der Waals surface area contributed by atoms with E-state index in [1.165, 1.54) is 12.7 Å². The van der Waals surface area contributed by atoms with Gasteiger partial charge in [-0.1, -0.05) is 26.0 Å². The van der Waals surface area contributed by atoms with Crippen molar-refractivity contribution in [3.63, 3.8) is 0 Å². The van der Waals surface area contributed by atoms with Gasteiger partial charge in [-0.15, -0.1) is 0 Å². The minimum absolute atomic E-state index is 0.226. The number of anilines is 1. The van der Waals surface area contributed by atoms with Gasteiger partial charge in [-0.25, -0.2) is 0 Å². The number of carbonyl (C=O) groups excluding carboxylic acids is 1. The average molecular weight is 372 g/mol. The van der Waals surface area contributed by atoms with E-state index in [0.29, 0.717) is 23.0 Å². The maximum Gasteiger partial charge on any atom is 0.261 e. The molecule has 0 radical (unpaired) electrons. The van der Waals surface area contributed by atoms with Gasteiger partial charge < -0.3 is 14.8 Å². The van der Waals surface area contributed by atoms with Crippen molar-refractivity contribution in [1.29, 1.82) is 0 Å². The molecule has 5 nitrogen and oxygen atoms in total. The Hall–Kier alpha value is -2.60. The zero-order valence-electron chi connectivity index (χ0n) is 15.5. The van der Waals surface area contributed by atoms with Crippen LogP contribution in [0.5, 0.6) is 11.5 Å². The fourth-order valence-electron chi connectivity index (χ4n) is 2.45. The first-order valence-electron chi connectivity index (χ1n) is 8.42. The molecule has 2 aromatic rings. The normalized spacial score (nSPS) is 11.4. The van der Waals surface area contributed by atoms with Crippen LogP contribution in [-0.4, -0.2) is 25.2 Å². The van der Waals surface area contributed by atoms with Gasteiger partial charge in [0.2, 0.25) is 0 Å². The Labute approximate surface area is 159 Å². The van der Waals surface area contributed by atoms with E-state index in [2.05, 4.69) is 36.6 Å². The minimum atomic E-state index is -0.349. The van der Waals surface area contributed by atoms with E-state index in [-0.39, 0.29) is 11.0 Å². The fourth-order valence-corrected chi connectivity index (χ4v) is 2.66. The molecular weight excluding hydrogens is 348 g/mol. The predicted octanol–water partition coefficient (Wildman–Crippen LogP) is 4.34. The van der Waals surface area contributed by atoms with E-state index in [9.17, 15) is 4.79 Å². The molecule has 0 heterocycles. The molecule has 6 heteroatoms. The minimum Gasteiger partial charge on any atom is -0.497 e. The number of carbonyl (C=O) groups is 1. The van der Waals surface area contributed by atoms with Crippen molar-refractivity contribution in [2.75, 3.05) is 19.5 Å². The molecular formula is C20H24N2O3S. The predicted molar refractivity (Wildman–Crippen MR) is 108 cm³/mol. The van der Waals surface area contributed by atoms with E-state index < -0.39 is 0 Å². The first-order valence-corrected chi connectivity index (χ1v) is 8.83. The highest BCUT2D eigenvalue weighted by atomic mass is 32.1. The molecule has 0 aliphatic heterocycles. The Morgan fingerprint density at radius 2 is 1.81 bits per heavy atom. The smallest absolute Gasteiger partial charge is 0.261 e. The molecule has 1 unspecified atom stereocenters. The van der Waals surface area contributed by atoms with Gasteiger partial charge in [0.15, 0.2) is 5.11 Å². The topological polar surface area (TPSA) is 59.6 Å². The van der Waals surface area contributed by atoms with Crippen molar-refractivity contribution in [1.82, 2.24) is 5.32 Å². The molecule has 0 fully saturated rings. The van der Waals surface area contributed by atoms with Crippen LogP contribution in [0.4, 0.5) is 5.69 Å². The summed E-state index contributed by atoms with van der Waals surface area (Å²) in [5.74, 6) is 1.19. The van der Waals surface area contributed by atoms with Gasteiger partial charge in [0, 0.05) is 11.8 Å². The van der Waals surface area contributed by atoms with E-state index in [1.807, 2.05) is 12.1 Å².